The van der Waals surface area contributed by atoms with Crippen LogP contribution in [0.5, 0.6) is 0 Å². The van der Waals surface area contributed by atoms with Gasteiger partial charge in [-0.15, -0.1) is 0 Å². The van der Waals surface area contributed by atoms with E-state index >= 15 is 0 Å². The lowest BCUT2D eigenvalue weighted by atomic mass is 10.0. The van der Waals surface area contributed by atoms with Crippen molar-refractivity contribution in [2.45, 2.75) is 19.5 Å². The van der Waals surface area contributed by atoms with Crippen LogP contribution in [-0.4, -0.2) is 37.1 Å². The summed E-state index contributed by atoms with van der Waals surface area (Å²) in [6.07, 6.45) is 0.399. The van der Waals surface area contributed by atoms with Crippen molar-refractivity contribution >= 4 is 16.7 Å². The van der Waals surface area contributed by atoms with Crippen LogP contribution in [0, 0.1) is 0 Å². The summed E-state index contributed by atoms with van der Waals surface area (Å²) in [7, 11) is 0. The molecule has 0 atom stereocenters. The fraction of sp³-hybridized carbons (Fsp3) is 0.292. The Kier molecular flexibility index (Phi) is 6.00. The zero-order valence-electron chi connectivity index (χ0n) is 16.1. The summed E-state index contributed by atoms with van der Waals surface area (Å²) in [4.78, 5) is 14.9. The molecule has 0 saturated carbocycles. The van der Waals surface area contributed by atoms with Gasteiger partial charge in [0, 0.05) is 26.2 Å². The second-order valence-electron chi connectivity index (χ2n) is 7.29. The molecule has 144 valence electrons. The van der Waals surface area contributed by atoms with Gasteiger partial charge in [-0.1, -0.05) is 66.7 Å². The standard InChI is InChI=1S/C24H26N2O2/c27-24(16-19-9-10-20-5-1-2-6-21(20)15-19)25-17-22-7-3-4-8-23(22)18-26-11-13-28-14-12-26/h1-10,15H,11-14,16-18H2,(H,25,27). The molecule has 4 rings (SSSR count). The highest BCUT2D eigenvalue weighted by molar-refractivity contribution is 5.85. The third-order valence-corrected chi connectivity index (χ3v) is 5.27. The number of nitrogens with one attached hydrogen (secondary N) is 1. The summed E-state index contributed by atoms with van der Waals surface area (Å²) in [6, 6.07) is 22.8. The molecule has 1 heterocycles. The zero-order chi connectivity index (χ0) is 19.2. The van der Waals surface area contributed by atoms with Crippen LogP contribution in [0.2, 0.25) is 0 Å². The van der Waals surface area contributed by atoms with Crippen LogP contribution in [-0.2, 0) is 29.0 Å². The van der Waals surface area contributed by atoms with Crippen LogP contribution >= 0.6 is 0 Å². The molecule has 28 heavy (non-hydrogen) atoms. The van der Waals surface area contributed by atoms with E-state index < -0.39 is 0 Å². The van der Waals surface area contributed by atoms with Crippen molar-refractivity contribution in [3.05, 3.63) is 83.4 Å². The number of rotatable bonds is 6. The van der Waals surface area contributed by atoms with Crippen molar-refractivity contribution in [1.82, 2.24) is 10.2 Å². The molecule has 0 unspecified atom stereocenters. The summed E-state index contributed by atoms with van der Waals surface area (Å²) in [5.41, 5.74) is 3.49. The molecule has 0 aliphatic carbocycles. The van der Waals surface area contributed by atoms with Crippen LogP contribution in [0.15, 0.2) is 66.7 Å². The fourth-order valence-electron chi connectivity index (χ4n) is 3.67. The first-order chi connectivity index (χ1) is 13.8. The molecule has 1 N–H and O–H groups in total. The van der Waals surface area contributed by atoms with E-state index in [1.165, 1.54) is 21.9 Å². The first-order valence-corrected chi connectivity index (χ1v) is 9.89. The van der Waals surface area contributed by atoms with E-state index in [4.69, 9.17) is 4.74 Å². The maximum Gasteiger partial charge on any atom is 0.224 e. The quantitative estimate of drug-likeness (QED) is 0.718. The number of ether oxygens (including phenoxy) is 1. The molecule has 3 aromatic rings. The minimum Gasteiger partial charge on any atom is -0.379 e. The highest BCUT2D eigenvalue weighted by Crippen LogP contribution is 2.16. The molecule has 1 saturated heterocycles. The Labute approximate surface area is 166 Å². The molecule has 0 aromatic heterocycles. The van der Waals surface area contributed by atoms with Crippen molar-refractivity contribution in [2.75, 3.05) is 26.3 Å². The van der Waals surface area contributed by atoms with Crippen LogP contribution in [0.25, 0.3) is 10.8 Å². The maximum absolute atomic E-state index is 12.5. The average Bonchev–Trinajstić information content (AvgIpc) is 2.74. The molecule has 1 aliphatic heterocycles. The number of amides is 1. The lowest BCUT2D eigenvalue weighted by Crippen LogP contribution is -2.36. The second-order valence-corrected chi connectivity index (χ2v) is 7.29. The molecular formula is C24H26N2O2. The van der Waals surface area contributed by atoms with Gasteiger partial charge in [0.1, 0.15) is 0 Å². The lowest BCUT2D eigenvalue weighted by Gasteiger charge is -2.27. The van der Waals surface area contributed by atoms with Crippen molar-refractivity contribution < 1.29 is 9.53 Å². The summed E-state index contributed by atoms with van der Waals surface area (Å²) in [5, 5.41) is 5.46. The summed E-state index contributed by atoms with van der Waals surface area (Å²) in [6.45, 7) is 4.98. The van der Waals surface area contributed by atoms with E-state index in [-0.39, 0.29) is 5.91 Å². The van der Waals surface area contributed by atoms with Gasteiger partial charge >= 0.3 is 0 Å². The van der Waals surface area contributed by atoms with E-state index in [2.05, 4.69) is 52.7 Å². The fourth-order valence-corrected chi connectivity index (χ4v) is 3.67. The molecule has 0 spiro atoms. The number of benzene rings is 3. The van der Waals surface area contributed by atoms with Gasteiger partial charge in [0.2, 0.25) is 5.91 Å². The van der Waals surface area contributed by atoms with Gasteiger partial charge in [0.15, 0.2) is 0 Å². The number of fused-ring (bicyclic) bond motifs is 1. The predicted molar refractivity (Wildman–Crippen MR) is 112 cm³/mol. The highest BCUT2D eigenvalue weighted by Gasteiger charge is 2.13. The average molecular weight is 374 g/mol. The Morgan fingerprint density at radius 2 is 1.61 bits per heavy atom. The van der Waals surface area contributed by atoms with Crippen molar-refractivity contribution in [1.29, 1.82) is 0 Å². The Morgan fingerprint density at radius 3 is 2.43 bits per heavy atom. The predicted octanol–water partition coefficient (Wildman–Crippen LogP) is 3.53. The Balaban J connectivity index is 1.36. The van der Waals surface area contributed by atoms with Crippen LogP contribution < -0.4 is 5.32 Å². The number of carbonyl (C=O) groups is 1. The Morgan fingerprint density at radius 1 is 0.893 bits per heavy atom. The summed E-state index contributed by atoms with van der Waals surface area (Å²) < 4.78 is 5.43. The van der Waals surface area contributed by atoms with E-state index in [1.807, 2.05) is 24.3 Å². The van der Waals surface area contributed by atoms with E-state index in [0.717, 1.165) is 38.4 Å². The number of carbonyl (C=O) groups excluding carboxylic acids is 1. The second kappa shape index (κ2) is 9.00. The molecule has 4 heteroatoms. The Hall–Kier alpha value is -2.69. The van der Waals surface area contributed by atoms with Gasteiger partial charge in [-0.3, -0.25) is 9.69 Å². The van der Waals surface area contributed by atoms with Gasteiger partial charge in [-0.05, 0) is 27.5 Å². The third-order valence-electron chi connectivity index (χ3n) is 5.27. The van der Waals surface area contributed by atoms with E-state index in [1.54, 1.807) is 0 Å². The first kappa shape index (κ1) is 18.7. The number of hydrogen-bond acceptors (Lipinski definition) is 3. The summed E-state index contributed by atoms with van der Waals surface area (Å²) in [5.74, 6) is 0.0523. The Bertz CT molecular complexity index is 948. The number of hydrogen-bond donors (Lipinski definition) is 1. The smallest absolute Gasteiger partial charge is 0.224 e. The molecule has 1 aliphatic rings. The normalized spacial score (nSPS) is 14.9. The number of morpholine rings is 1. The van der Waals surface area contributed by atoms with Crippen LogP contribution in [0.4, 0.5) is 0 Å². The zero-order valence-corrected chi connectivity index (χ0v) is 16.1. The van der Waals surface area contributed by atoms with Gasteiger partial charge in [-0.25, -0.2) is 0 Å². The number of nitrogens with zero attached hydrogens (tertiary/aromatic N) is 1. The first-order valence-electron chi connectivity index (χ1n) is 9.89. The van der Waals surface area contributed by atoms with E-state index in [0.29, 0.717) is 13.0 Å². The van der Waals surface area contributed by atoms with Gasteiger partial charge in [0.05, 0.1) is 19.6 Å². The SMILES string of the molecule is O=C(Cc1ccc2ccccc2c1)NCc1ccccc1CN1CCOCC1. The topological polar surface area (TPSA) is 41.6 Å². The van der Waals surface area contributed by atoms with Gasteiger partial charge < -0.3 is 10.1 Å². The van der Waals surface area contributed by atoms with Crippen LogP contribution in [0.1, 0.15) is 16.7 Å². The molecule has 0 radical (unpaired) electrons. The molecule has 0 bridgehead atoms. The van der Waals surface area contributed by atoms with Crippen LogP contribution in [0.3, 0.4) is 0 Å². The largest absolute Gasteiger partial charge is 0.379 e. The molecule has 1 fully saturated rings. The molecule has 3 aromatic carbocycles. The molecule has 4 nitrogen and oxygen atoms in total. The van der Waals surface area contributed by atoms with Crippen molar-refractivity contribution in [2.24, 2.45) is 0 Å². The van der Waals surface area contributed by atoms with Crippen molar-refractivity contribution in [3.8, 4) is 0 Å². The lowest BCUT2D eigenvalue weighted by molar-refractivity contribution is -0.120. The van der Waals surface area contributed by atoms with Gasteiger partial charge in [0.25, 0.3) is 0 Å². The molecular weight excluding hydrogens is 348 g/mol. The minimum absolute atomic E-state index is 0.0523. The molecule has 1 amide bonds. The monoisotopic (exact) mass is 374 g/mol. The third kappa shape index (κ3) is 4.77. The van der Waals surface area contributed by atoms with Gasteiger partial charge in [-0.2, -0.15) is 0 Å². The van der Waals surface area contributed by atoms with E-state index in [9.17, 15) is 4.79 Å². The maximum atomic E-state index is 12.5. The highest BCUT2D eigenvalue weighted by atomic mass is 16.5. The summed E-state index contributed by atoms with van der Waals surface area (Å²) >= 11 is 0. The van der Waals surface area contributed by atoms with Crippen molar-refractivity contribution in [3.63, 3.8) is 0 Å². The minimum atomic E-state index is 0.0523.